The maximum atomic E-state index is 6.39. The molecule has 2 rings (SSSR count). The van der Waals surface area contributed by atoms with Gasteiger partial charge in [-0.05, 0) is 49.7 Å². The average Bonchev–Trinajstić information content (AvgIpc) is 1.99. The van der Waals surface area contributed by atoms with Crippen molar-refractivity contribution >= 4 is 8.32 Å². The molecule has 2 heteroatoms. The Morgan fingerprint density at radius 1 is 1.00 bits per heavy atom. The lowest BCUT2D eigenvalue weighted by atomic mass is 9.82. The molecule has 0 aromatic rings. The monoisotopic (exact) mass is 212 g/mol. The summed E-state index contributed by atoms with van der Waals surface area (Å²) in [7, 11) is -1.14. The molecule has 1 aliphatic heterocycles. The van der Waals surface area contributed by atoms with Crippen molar-refractivity contribution in [2.45, 2.75) is 64.3 Å². The Kier molecular flexibility index (Phi) is 3.03. The molecule has 0 N–H and O–H groups in total. The average molecular weight is 212 g/mol. The normalized spacial score (nSPS) is 41.8. The second kappa shape index (κ2) is 3.97. The number of rotatable bonds is 2. The standard InChI is InChI=1S/C12H24OSi/c1-10-7-11(2)9-12(8-10)13-14(3)5-4-6-14/h10-12H,4-9H2,1-3H3. The fourth-order valence-corrected chi connectivity index (χ4v) is 5.75. The van der Waals surface area contributed by atoms with E-state index in [0.29, 0.717) is 6.10 Å². The van der Waals surface area contributed by atoms with E-state index in [2.05, 4.69) is 20.4 Å². The van der Waals surface area contributed by atoms with Crippen molar-refractivity contribution in [3.63, 3.8) is 0 Å². The molecular formula is C12H24OSi. The van der Waals surface area contributed by atoms with Crippen LogP contribution >= 0.6 is 0 Å². The molecule has 0 bridgehead atoms. The topological polar surface area (TPSA) is 9.23 Å². The SMILES string of the molecule is CC1CC(C)CC(O[Si]2(C)CCC2)C1. The summed E-state index contributed by atoms with van der Waals surface area (Å²) in [4.78, 5) is 0. The lowest BCUT2D eigenvalue weighted by molar-refractivity contribution is 0.0884. The summed E-state index contributed by atoms with van der Waals surface area (Å²) < 4.78 is 6.39. The van der Waals surface area contributed by atoms with E-state index >= 15 is 0 Å². The van der Waals surface area contributed by atoms with Gasteiger partial charge in [-0.2, -0.15) is 0 Å². The highest BCUT2D eigenvalue weighted by Crippen LogP contribution is 2.38. The molecule has 0 aromatic carbocycles. The third-order valence-corrected chi connectivity index (χ3v) is 7.72. The fourth-order valence-electron chi connectivity index (χ4n) is 3.16. The largest absolute Gasteiger partial charge is 0.414 e. The van der Waals surface area contributed by atoms with Gasteiger partial charge in [-0.1, -0.05) is 20.3 Å². The zero-order valence-corrected chi connectivity index (χ0v) is 10.9. The summed E-state index contributed by atoms with van der Waals surface area (Å²) in [5.41, 5.74) is 0. The van der Waals surface area contributed by atoms with E-state index in [1.54, 1.807) is 0 Å². The molecule has 0 spiro atoms. The van der Waals surface area contributed by atoms with Crippen molar-refractivity contribution in [3.05, 3.63) is 0 Å². The van der Waals surface area contributed by atoms with Crippen LogP contribution in [0, 0.1) is 11.8 Å². The van der Waals surface area contributed by atoms with E-state index < -0.39 is 8.32 Å². The Morgan fingerprint density at radius 2 is 1.57 bits per heavy atom. The molecular weight excluding hydrogens is 188 g/mol. The predicted octanol–water partition coefficient (Wildman–Crippen LogP) is 3.81. The van der Waals surface area contributed by atoms with Gasteiger partial charge in [0.15, 0.2) is 8.32 Å². The van der Waals surface area contributed by atoms with E-state index in [1.165, 1.54) is 37.8 Å². The van der Waals surface area contributed by atoms with Crippen LogP contribution in [-0.2, 0) is 4.43 Å². The van der Waals surface area contributed by atoms with E-state index in [0.717, 1.165) is 11.8 Å². The smallest absolute Gasteiger partial charge is 0.190 e. The molecule has 14 heavy (non-hydrogen) atoms. The summed E-state index contributed by atoms with van der Waals surface area (Å²) in [6.07, 6.45) is 6.11. The van der Waals surface area contributed by atoms with Crippen LogP contribution in [0.1, 0.15) is 39.5 Å². The van der Waals surface area contributed by atoms with Gasteiger partial charge in [0.1, 0.15) is 0 Å². The third-order valence-electron chi connectivity index (χ3n) is 4.00. The minimum Gasteiger partial charge on any atom is -0.414 e. The zero-order valence-electron chi connectivity index (χ0n) is 9.88. The summed E-state index contributed by atoms with van der Waals surface area (Å²) in [5, 5.41) is 0. The van der Waals surface area contributed by atoms with Crippen LogP contribution in [0.5, 0.6) is 0 Å². The first-order valence-electron chi connectivity index (χ1n) is 6.25. The van der Waals surface area contributed by atoms with Gasteiger partial charge in [0.25, 0.3) is 0 Å². The number of hydrogen-bond donors (Lipinski definition) is 0. The Bertz CT molecular complexity index is 190. The Morgan fingerprint density at radius 3 is 2.00 bits per heavy atom. The molecule has 1 saturated heterocycles. The minimum absolute atomic E-state index is 0.616. The maximum Gasteiger partial charge on any atom is 0.190 e. The molecule has 2 fully saturated rings. The molecule has 2 aliphatic rings. The Hall–Kier alpha value is 0.177. The van der Waals surface area contributed by atoms with Crippen LogP contribution in [0.4, 0.5) is 0 Å². The van der Waals surface area contributed by atoms with Crippen molar-refractivity contribution < 1.29 is 4.43 Å². The van der Waals surface area contributed by atoms with Crippen molar-refractivity contribution in [3.8, 4) is 0 Å². The van der Waals surface area contributed by atoms with E-state index in [-0.39, 0.29) is 0 Å². The molecule has 0 radical (unpaired) electrons. The van der Waals surface area contributed by atoms with Gasteiger partial charge in [-0.15, -0.1) is 0 Å². The van der Waals surface area contributed by atoms with Gasteiger partial charge in [0, 0.05) is 6.10 Å². The fraction of sp³-hybridized carbons (Fsp3) is 1.00. The minimum atomic E-state index is -1.14. The molecule has 2 unspecified atom stereocenters. The molecule has 0 amide bonds. The van der Waals surface area contributed by atoms with Crippen LogP contribution in [-0.4, -0.2) is 14.4 Å². The quantitative estimate of drug-likeness (QED) is 0.633. The first kappa shape index (κ1) is 10.7. The lowest BCUT2D eigenvalue weighted by Crippen LogP contribution is -2.46. The molecule has 1 heterocycles. The van der Waals surface area contributed by atoms with Crippen LogP contribution in [0.25, 0.3) is 0 Å². The second-order valence-electron chi connectivity index (χ2n) is 5.96. The summed E-state index contributed by atoms with van der Waals surface area (Å²) >= 11 is 0. The Balaban J connectivity index is 1.84. The second-order valence-corrected chi connectivity index (χ2v) is 10.1. The first-order chi connectivity index (χ1) is 6.57. The highest BCUT2D eigenvalue weighted by Gasteiger charge is 2.39. The van der Waals surface area contributed by atoms with Crippen molar-refractivity contribution in [1.29, 1.82) is 0 Å². The van der Waals surface area contributed by atoms with Crippen LogP contribution < -0.4 is 0 Å². The van der Waals surface area contributed by atoms with Crippen LogP contribution in [0.2, 0.25) is 18.6 Å². The van der Waals surface area contributed by atoms with Gasteiger partial charge < -0.3 is 4.43 Å². The van der Waals surface area contributed by atoms with E-state index in [1.807, 2.05) is 0 Å². The Labute approximate surface area is 89.4 Å². The molecule has 82 valence electrons. The number of hydrogen-bond acceptors (Lipinski definition) is 1. The zero-order chi connectivity index (χ0) is 10.2. The first-order valence-corrected chi connectivity index (χ1v) is 9.07. The molecule has 0 aromatic heterocycles. The molecule has 2 atom stereocenters. The van der Waals surface area contributed by atoms with Crippen LogP contribution in [0.3, 0.4) is 0 Å². The summed E-state index contributed by atoms with van der Waals surface area (Å²) in [5.74, 6) is 1.78. The predicted molar refractivity (Wildman–Crippen MR) is 62.9 cm³/mol. The lowest BCUT2D eigenvalue weighted by Gasteiger charge is -2.42. The van der Waals surface area contributed by atoms with Gasteiger partial charge in [-0.25, -0.2) is 0 Å². The van der Waals surface area contributed by atoms with E-state index in [9.17, 15) is 0 Å². The molecule has 1 nitrogen and oxygen atoms in total. The molecule has 1 aliphatic carbocycles. The van der Waals surface area contributed by atoms with Crippen molar-refractivity contribution in [2.24, 2.45) is 11.8 Å². The van der Waals surface area contributed by atoms with Gasteiger partial charge in [0.2, 0.25) is 0 Å². The van der Waals surface area contributed by atoms with E-state index in [4.69, 9.17) is 4.43 Å². The van der Waals surface area contributed by atoms with Gasteiger partial charge in [-0.3, -0.25) is 0 Å². The van der Waals surface area contributed by atoms with Crippen molar-refractivity contribution in [2.75, 3.05) is 0 Å². The third kappa shape index (κ3) is 2.40. The van der Waals surface area contributed by atoms with Gasteiger partial charge in [0.05, 0.1) is 0 Å². The van der Waals surface area contributed by atoms with Crippen molar-refractivity contribution in [1.82, 2.24) is 0 Å². The highest BCUT2D eigenvalue weighted by molar-refractivity contribution is 6.75. The van der Waals surface area contributed by atoms with Crippen LogP contribution in [0.15, 0.2) is 0 Å². The summed E-state index contributed by atoms with van der Waals surface area (Å²) in [6.45, 7) is 7.20. The van der Waals surface area contributed by atoms with Gasteiger partial charge >= 0.3 is 0 Å². The molecule has 1 saturated carbocycles. The maximum absolute atomic E-state index is 6.39. The highest BCUT2D eigenvalue weighted by atomic mass is 28.4. The summed E-state index contributed by atoms with van der Waals surface area (Å²) in [6, 6.07) is 2.85.